The highest BCUT2D eigenvalue weighted by atomic mass is 16.4. The van der Waals surface area contributed by atoms with Gasteiger partial charge in [0.05, 0.1) is 5.41 Å². The van der Waals surface area contributed by atoms with Crippen LogP contribution < -0.4 is 0 Å². The summed E-state index contributed by atoms with van der Waals surface area (Å²) in [5, 5.41) is 9.57. The van der Waals surface area contributed by atoms with Gasteiger partial charge in [-0.3, -0.25) is 4.79 Å². The van der Waals surface area contributed by atoms with Gasteiger partial charge in [0.1, 0.15) is 0 Å². The summed E-state index contributed by atoms with van der Waals surface area (Å²) >= 11 is 0. The lowest BCUT2D eigenvalue weighted by molar-refractivity contribution is -0.153. The highest BCUT2D eigenvalue weighted by molar-refractivity contribution is 5.74. The minimum atomic E-state index is -0.565. The summed E-state index contributed by atoms with van der Waals surface area (Å²) in [5.74, 6) is 0.275. The van der Waals surface area contributed by atoms with Crippen molar-refractivity contribution < 1.29 is 9.90 Å². The summed E-state index contributed by atoms with van der Waals surface area (Å²) < 4.78 is 0. The number of nitrogens with zero attached hydrogens (tertiary/aromatic N) is 1. The molecule has 20 heavy (non-hydrogen) atoms. The zero-order valence-electron chi connectivity index (χ0n) is 13.2. The van der Waals surface area contributed by atoms with Crippen molar-refractivity contribution in [1.82, 2.24) is 4.90 Å². The maximum absolute atomic E-state index is 11.6. The van der Waals surface area contributed by atoms with E-state index in [2.05, 4.69) is 18.7 Å². The largest absolute Gasteiger partial charge is 0.481 e. The van der Waals surface area contributed by atoms with E-state index in [0.717, 1.165) is 44.7 Å². The molecule has 1 saturated heterocycles. The first-order chi connectivity index (χ1) is 9.59. The van der Waals surface area contributed by atoms with Crippen LogP contribution in [0.15, 0.2) is 0 Å². The van der Waals surface area contributed by atoms with Gasteiger partial charge in [-0.15, -0.1) is 0 Å². The average Bonchev–Trinajstić information content (AvgIpc) is 2.48. The lowest BCUT2D eigenvalue weighted by Gasteiger charge is -2.44. The number of hydrogen-bond acceptors (Lipinski definition) is 2. The predicted octanol–water partition coefficient (Wildman–Crippen LogP) is 3.92. The lowest BCUT2D eigenvalue weighted by Crippen LogP contribution is -2.49. The van der Waals surface area contributed by atoms with Gasteiger partial charge in [0.15, 0.2) is 0 Å². The van der Waals surface area contributed by atoms with E-state index >= 15 is 0 Å². The van der Waals surface area contributed by atoms with E-state index < -0.39 is 11.4 Å². The van der Waals surface area contributed by atoms with Gasteiger partial charge < -0.3 is 10.0 Å². The lowest BCUT2D eigenvalue weighted by atomic mass is 9.74. The molecule has 1 aliphatic heterocycles. The zero-order chi connectivity index (χ0) is 14.6. The first-order valence-electron chi connectivity index (χ1n) is 8.56. The molecule has 0 amide bonds. The molecule has 1 N–H and O–H groups in total. The van der Waals surface area contributed by atoms with Crippen LogP contribution in [-0.2, 0) is 4.79 Å². The Morgan fingerprint density at radius 3 is 2.35 bits per heavy atom. The minimum Gasteiger partial charge on any atom is -0.481 e. The minimum absolute atomic E-state index is 0.433. The topological polar surface area (TPSA) is 40.5 Å². The van der Waals surface area contributed by atoms with Crippen LogP contribution in [0.25, 0.3) is 0 Å². The molecule has 0 aromatic rings. The molecule has 2 fully saturated rings. The maximum atomic E-state index is 11.6. The Kier molecular flexibility index (Phi) is 5.48. The zero-order valence-corrected chi connectivity index (χ0v) is 13.2. The van der Waals surface area contributed by atoms with Crippen LogP contribution in [0, 0.1) is 11.3 Å². The van der Waals surface area contributed by atoms with E-state index in [1.807, 2.05) is 0 Å². The number of piperidine rings is 1. The van der Waals surface area contributed by atoms with Crippen molar-refractivity contribution in [1.29, 1.82) is 0 Å². The quantitative estimate of drug-likeness (QED) is 0.830. The van der Waals surface area contributed by atoms with Gasteiger partial charge in [0.2, 0.25) is 0 Å². The van der Waals surface area contributed by atoms with Crippen LogP contribution in [0.4, 0.5) is 0 Å². The number of rotatable bonds is 5. The molecule has 1 atom stereocenters. The Labute approximate surface area is 123 Å². The van der Waals surface area contributed by atoms with Gasteiger partial charge in [-0.1, -0.05) is 32.6 Å². The summed E-state index contributed by atoms with van der Waals surface area (Å²) in [6.07, 6.45) is 10.4. The third-order valence-corrected chi connectivity index (χ3v) is 5.85. The van der Waals surface area contributed by atoms with Crippen LogP contribution in [0.3, 0.4) is 0 Å². The van der Waals surface area contributed by atoms with Crippen molar-refractivity contribution in [3.05, 3.63) is 0 Å². The van der Waals surface area contributed by atoms with Crippen molar-refractivity contribution in [2.45, 2.75) is 77.7 Å². The first-order valence-corrected chi connectivity index (χ1v) is 8.56. The second-order valence-electron chi connectivity index (χ2n) is 7.01. The van der Waals surface area contributed by atoms with E-state index in [-0.39, 0.29) is 0 Å². The smallest absolute Gasteiger partial charge is 0.309 e. The summed E-state index contributed by atoms with van der Waals surface area (Å²) in [7, 11) is 0. The molecular weight excluding hydrogens is 250 g/mol. The van der Waals surface area contributed by atoms with E-state index in [1.165, 1.54) is 32.1 Å². The molecule has 0 aromatic carbocycles. The van der Waals surface area contributed by atoms with Crippen molar-refractivity contribution in [3.63, 3.8) is 0 Å². The Morgan fingerprint density at radius 1 is 1.25 bits per heavy atom. The summed E-state index contributed by atoms with van der Waals surface area (Å²) in [6, 6.07) is 0.642. The van der Waals surface area contributed by atoms with E-state index in [0.29, 0.717) is 6.04 Å². The first kappa shape index (κ1) is 15.8. The molecule has 0 radical (unpaired) electrons. The number of hydrogen-bond donors (Lipinski definition) is 1. The Balaban J connectivity index is 1.90. The molecular formula is C17H31NO2. The van der Waals surface area contributed by atoms with Crippen molar-refractivity contribution in [2.75, 3.05) is 13.1 Å². The summed E-state index contributed by atoms with van der Waals surface area (Å²) in [6.45, 7) is 6.42. The molecule has 3 heteroatoms. The maximum Gasteiger partial charge on any atom is 0.309 e. The number of carboxylic acids is 1. The van der Waals surface area contributed by atoms with Crippen LogP contribution in [-0.4, -0.2) is 35.1 Å². The fraction of sp³-hybridized carbons (Fsp3) is 0.941. The van der Waals surface area contributed by atoms with E-state index in [1.54, 1.807) is 0 Å². The van der Waals surface area contributed by atoms with Crippen LogP contribution >= 0.6 is 0 Å². The van der Waals surface area contributed by atoms with Crippen molar-refractivity contribution >= 4 is 5.97 Å². The highest BCUT2D eigenvalue weighted by Gasteiger charge is 2.42. The second-order valence-corrected chi connectivity index (χ2v) is 7.01. The fourth-order valence-electron chi connectivity index (χ4n) is 4.32. The second kappa shape index (κ2) is 6.93. The molecule has 1 unspecified atom stereocenters. The molecule has 3 nitrogen and oxygen atoms in total. The number of likely N-dealkylation sites (tertiary alicyclic amines) is 1. The van der Waals surface area contributed by atoms with E-state index in [4.69, 9.17) is 0 Å². The molecule has 1 saturated carbocycles. The van der Waals surface area contributed by atoms with Gasteiger partial charge in [0, 0.05) is 6.04 Å². The summed E-state index contributed by atoms with van der Waals surface area (Å²) in [4.78, 5) is 14.2. The number of carboxylic acid groups (broad SMARTS) is 1. The van der Waals surface area contributed by atoms with Gasteiger partial charge in [0.25, 0.3) is 0 Å². The van der Waals surface area contributed by atoms with Crippen molar-refractivity contribution in [3.8, 4) is 0 Å². The molecule has 2 aliphatic rings. The Bertz CT molecular complexity index is 315. The summed E-state index contributed by atoms with van der Waals surface area (Å²) in [5.41, 5.74) is -0.433. The van der Waals surface area contributed by atoms with Gasteiger partial charge in [-0.05, 0) is 58.0 Å². The molecule has 0 aromatic heterocycles. The van der Waals surface area contributed by atoms with Gasteiger partial charge in [-0.25, -0.2) is 0 Å². The highest BCUT2D eigenvalue weighted by Crippen LogP contribution is 2.38. The molecule has 1 aliphatic carbocycles. The molecule has 0 bridgehead atoms. The molecule has 0 spiro atoms. The van der Waals surface area contributed by atoms with Gasteiger partial charge in [-0.2, -0.15) is 0 Å². The standard InChI is InChI=1S/C17H31NO2/c1-3-9-17(16(19)20)10-12-18(13-11-17)14(2)15-7-5-4-6-8-15/h14-15H,3-13H2,1-2H3,(H,19,20). The molecule has 116 valence electrons. The Morgan fingerprint density at radius 2 is 1.85 bits per heavy atom. The van der Waals surface area contributed by atoms with Crippen LogP contribution in [0.5, 0.6) is 0 Å². The number of carbonyl (C=O) groups is 1. The predicted molar refractivity (Wildman–Crippen MR) is 81.8 cm³/mol. The normalized spacial score (nSPS) is 26.3. The molecule has 1 heterocycles. The monoisotopic (exact) mass is 281 g/mol. The SMILES string of the molecule is CCCC1(C(=O)O)CCN(C(C)C2CCCCC2)CC1. The fourth-order valence-corrected chi connectivity index (χ4v) is 4.32. The van der Waals surface area contributed by atoms with Crippen LogP contribution in [0.1, 0.15) is 71.6 Å². The number of aliphatic carboxylic acids is 1. The third-order valence-electron chi connectivity index (χ3n) is 5.85. The Hall–Kier alpha value is -0.570. The third kappa shape index (κ3) is 3.36. The average molecular weight is 281 g/mol. The van der Waals surface area contributed by atoms with Gasteiger partial charge >= 0.3 is 5.97 Å². The molecule has 2 rings (SSSR count). The van der Waals surface area contributed by atoms with E-state index in [9.17, 15) is 9.90 Å². The van der Waals surface area contributed by atoms with Crippen molar-refractivity contribution in [2.24, 2.45) is 11.3 Å². The van der Waals surface area contributed by atoms with Crippen LogP contribution in [0.2, 0.25) is 0 Å².